The van der Waals surface area contributed by atoms with Crippen molar-refractivity contribution in [3.05, 3.63) is 11.3 Å². The predicted octanol–water partition coefficient (Wildman–Crippen LogP) is -4.69. The Morgan fingerprint density at radius 3 is 2.59 bits per heavy atom. The molecule has 0 bridgehead atoms. The van der Waals surface area contributed by atoms with Crippen LogP contribution in [0.15, 0.2) is 16.4 Å². The van der Waals surface area contributed by atoms with E-state index >= 15 is 0 Å². The van der Waals surface area contributed by atoms with Crippen molar-refractivity contribution in [2.24, 2.45) is 13.0 Å². The van der Waals surface area contributed by atoms with E-state index in [-0.39, 0.29) is 54.0 Å². The fraction of sp³-hybridized carbons (Fsp3) is 0.571. The van der Waals surface area contributed by atoms with Gasteiger partial charge in [-0.15, -0.1) is 5.10 Å². The molecule has 1 aromatic rings. The Morgan fingerprint density at radius 2 is 2.03 bits per heavy atom. The van der Waals surface area contributed by atoms with Gasteiger partial charge in [0.25, 0.3) is 5.91 Å². The normalized spacial score (nSPS) is 25.5. The average Bonchev–Trinajstić information content (AvgIpc) is 3.17. The number of amides is 2. The third-order valence-corrected chi connectivity index (χ3v) is 6.23. The molecule has 0 saturated carbocycles. The molecule has 10 nitrogen and oxygen atoms in total. The van der Waals surface area contributed by atoms with E-state index in [2.05, 4.69) is 15.5 Å². The fourth-order valence-electron chi connectivity index (χ4n) is 4.05. The number of carbonyl (C=O) groups is 3. The number of carboxylic acids is 1. The van der Waals surface area contributed by atoms with Crippen molar-refractivity contribution in [3.63, 3.8) is 0 Å². The first-order chi connectivity index (χ1) is 13.1. The van der Waals surface area contributed by atoms with Gasteiger partial charge in [-0.1, -0.05) is 11.8 Å². The zero-order valence-corrected chi connectivity index (χ0v) is 18.0. The molecule has 4 heterocycles. The number of carboxylic acid groups (broad SMARTS) is 1. The summed E-state index contributed by atoms with van der Waals surface area (Å²) in [6.45, 7) is -0.288. The van der Waals surface area contributed by atoms with Crippen LogP contribution in [-0.4, -0.2) is 78.3 Å². The Bertz CT molecular complexity index is 921. The van der Waals surface area contributed by atoms with Gasteiger partial charge in [-0.25, -0.2) is 4.68 Å². The van der Waals surface area contributed by atoms with Crippen molar-refractivity contribution >= 4 is 29.5 Å². The standard InChI is InChI=1S/C14H13F3N6O4S.Na/c1-21-13(18-19-20-21)28-4-6-5-2-3-22(12(27)14(15,16)17)9-7(5)23(10(9)24)8(6)11(25)26;/h5,7,9H,2-4H2,1H3,(H,25,26);/q;+1/p-1/t5?,7-,9+;/m1./s1. The van der Waals surface area contributed by atoms with Gasteiger partial charge in [-0.3, -0.25) is 9.59 Å². The molecule has 29 heavy (non-hydrogen) atoms. The summed E-state index contributed by atoms with van der Waals surface area (Å²) in [4.78, 5) is 37.2. The first kappa shape index (κ1) is 22.1. The van der Waals surface area contributed by atoms with Crippen molar-refractivity contribution in [3.8, 4) is 0 Å². The van der Waals surface area contributed by atoms with E-state index in [1.807, 2.05) is 0 Å². The third kappa shape index (κ3) is 3.35. The van der Waals surface area contributed by atoms with Crippen LogP contribution in [-0.2, 0) is 21.4 Å². The molecule has 15 heteroatoms. The summed E-state index contributed by atoms with van der Waals surface area (Å²) in [5, 5.41) is 23.0. The number of hydrogen-bond donors (Lipinski definition) is 0. The number of aromatic nitrogens is 4. The number of aliphatic carboxylic acids is 1. The van der Waals surface area contributed by atoms with Crippen molar-refractivity contribution in [2.45, 2.75) is 29.8 Å². The van der Waals surface area contributed by atoms with E-state index in [9.17, 15) is 32.7 Å². The second-order valence-electron chi connectivity index (χ2n) is 6.57. The SMILES string of the molecule is Cn1nnnc1SCC1=C(C(=O)[O-])N2C(=O)[C@@H]3[C@H]2C1CCN3C(=O)C(F)(F)F.[Na+]. The zero-order valence-electron chi connectivity index (χ0n) is 15.2. The Hall–Kier alpha value is -1.64. The molecule has 2 fully saturated rings. The van der Waals surface area contributed by atoms with Gasteiger partial charge in [0.1, 0.15) is 6.04 Å². The average molecular weight is 440 g/mol. The number of nitrogens with zero attached hydrogens (tertiary/aromatic N) is 6. The van der Waals surface area contributed by atoms with Gasteiger partial charge in [-0.2, -0.15) is 13.2 Å². The minimum atomic E-state index is -5.10. The van der Waals surface area contributed by atoms with Crippen molar-refractivity contribution in [1.82, 2.24) is 30.0 Å². The van der Waals surface area contributed by atoms with Gasteiger partial charge >= 0.3 is 41.6 Å². The van der Waals surface area contributed by atoms with E-state index in [0.717, 1.165) is 16.7 Å². The molecular formula is C14H12F3N6NaO4S. The van der Waals surface area contributed by atoms with Gasteiger partial charge in [0.15, 0.2) is 0 Å². The summed E-state index contributed by atoms with van der Waals surface area (Å²) in [7, 11) is 1.60. The van der Waals surface area contributed by atoms with Crippen LogP contribution in [0.25, 0.3) is 0 Å². The molecule has 3 aliphatic rings. The number of hydrogen-bond acceptors (Lipinski definition) is 8. The fourth-order valence-corrected chi connectivity index (χ4v) is 5.00. The molecule has 1 unspecified atom stereocenters. The molecular weight excluding hydrogens is 428 g/mol. The van der Waals surface area contributed by atoms with Crippen LogP contribution in [0.3, 0.4) is 0 Å². The van der Waals surface area contributed by atoms with Crippen LogP contribution >= 0.6 is 11.8 Å². The van der Waals surface area contributed by atoms with E-state index in [0.29, 0.717) is 15.6 Å². The molecule has 4 rings (SSSR count). The van der Waals surface area contributed by atoms with E-state index in [1.54, 1.807) is 7.05 Å². The Balaban J connectivity index is 0.00000240. The van der Waals surface area contributed by atoms with Crippen molar-refractivity contribution < 1.29 is 62.2 Å². The maximum atomic E-state index is 12.8. The second-order valence-corrected chi connectivity index (χ2v) is 7.51. The van der Waals surface area contributed by atoms with E-state index in [1.165, 1.54) is 4.68 Å². The number of likely N-dealkylation sites (tertiary alicyclic amines) is 1. The van der Waals surface area contributed by atoms with Gasteiger partial charge < -0.3 is 19.7 Å². The minimum absolute atomic E-state index is 0. The summed E-state index contributed by atoms with van der Waals surface area (Å²) in [6, 6.07) is -2.14. The molecule has 0 spiro atoms. The Morgan fingerprint density at radius 1 is 1.34 bits per heavy atom. The third-order valence-electron chi connectivity index (χ3n) is 5.17. The Labute approximate surface area is 187 Å². The van der Waals surface area contributed by atoms with Crippen LogP contribution in [0.5, 0.6) is 0 Å². The Kier molecular flexibility index (Phi) is 5.75. The van der Waals surface area contributed by atoms with Crippen molar-refractivity contribution in [1.29, 1.82) is 0 Å². The number of thioether (sulfide) groups is 1. The smallest absolute Gasteiger partial charge is 0.543 e. The summed E-state index contributed by atoms with van der Waals surface area (Å²) >= 11 is 1.14. The summed E-state index contributed by atoms with van der Waals surface area (Å²) in [5.74, 6) is -4.86. The summed E-state index contributed by atoms with van der Waals surface area (Å²) in [5.41, 5.74) is 0.0492. The maximum absolute atomic E-state index is 12.8. The quantitative estimate of drug-likeness (QED) is 0.260. The van der Waals surface area contributed by atoms with Crippen molar-refractivity contribution in [2.75, 3.05) is 12.3 Å². The molecule has 3 aliphatic heterocycles. The second kappa shape index (κ2) is 7.56. The van der Waals surface area contributed by atoms with Crippen LogP contribution < -0.4 is 34.7 Å². The van der Waals surface area contributed by atoms with Gasteiger partial charge in [-0.05, 0) is 22.4 Å². The first-order valence-corrected chi connectivity index (χ1v) is 9.12. The number of β-lactam (4-membered cyclic amide) rings is 1. The predicted molar refractivity (Wildman–Crippen MR) is 81.9 cm³/mol. The zero-order chi connectivity index (χ0) is 20.4. The molecule has 0 aromatic carbocycles. The van der Waals surface area contributed by atoms with Gasteiger partial charge in [0.2, 0.25) is 5.16 Å². The molecule has 2 saturated heterocycles. The molecule has 150 valence electrons. The summed E-state index contributed by atoms with van der Waals surface area (Å²) < 4.78 is 39.9. The van der Waals surface area contributed by atoms with E-state index in [4.69, 9.17) is 0 Å². The number of carbonyl (C=O) groups excluding carboxylic acids is 3. The van der Waals surface area contributed by atoms with Gasteiger partial charge in [0, 0.05) is 25.3 Å². The first-order valence-electron chi connectivity index (χ1n) is 8.13. The largest absolute Gasteiger partial charge is 1.00 e. The van der Waals surface area contributed by atoms with E-state index < -0.39 is 42.0 Å². The number of tetrazole rings is 1. The maximum Gasteiger partial charge on any atom is 1.00 e. The molecule has 0 N–H and O–H groups in total. The summed E-state index contributed by atoms with van der Waals surface area (Å²) in [6.07, 6.45) is -5.00. The topological polar surface area (TPSA) is 124 Å². The number of piperidine rings is 1. The number of rotatable bonds is 4. The van der Waals surface area contributed by atoms with Crippen LogP contribution in [0.2, 0.25) is 0 Å². The molecule has 1 aromatic heterocycles. The number of alkyl halides is 3. The van der Waals surface area contributed by atoms with Crippen LogP contribution in [0, 0.1) is 5.92 Å². The minimum Gasteiger partial charge on any atom is -0.543 e. The van der Waals surface area contributed by atoms with Crippen LogP contribution in [0.4, 0.5) is 13.2 Å². The monoisotopic (exact) mass is 440 g/mol. The molecule has 0 aliphatic carbocycles. The number of aryl methyl sites for hydroxylation is 1. The van der Waals surface area contributed by atoms with Crippen LogP contribution in [0.1, 0.15) is 6.42 Å². The number of halogens is 3. The molecule has 0 radical (unpaired) electrons. The molecule has 3 atom stereocenters. The molecule has 2 amide bonds. The van der Waals surface area contributed by atoms with Gasteiger partial charge in [0.05, 0.1) is 17.7 Å².